The number of esters is 3. The zero-order valence-electron chi connectivity index (χ0n) is 10.2. The van der Waals surface area contributed by atoms with E-state index in [1.54, 1.807) is 0 Å². The SMILES string of the molecule is CC(=O)O[C@H]1OC=C[C@@H](OC(C)=O)[C@@H]1OC(C)=O. The molecular formula is C11H14O7. The van der Waals surface area contributed by atoms with E-state index in [9.17, 15) is 14.4 Å². The van der Waals surface area contributed by atoms with Gasteiger partial charge in [-0.15, -0.1) is 0 Å². The number of ether oxygens (including phenoxy) is 4. The van der Waals surface area contributed by atoms with Gasteiger partial charge >= 0.3 is 17.9 Å². The summed E-state index contributed by atoms with van der Waals surface area (Å²) < 4.78 is 19.7. The van der Waals surface area contributed by atoms with Crippen LogP contribution in [0.4, 0.5) is 0 Å². The molecule has 0 saturated carbocycles. The molecule has 18 heavy (non-hydrogen) atoms. The van der Waals surface area contributed by atoms with Gasteiger partial charge in [-0.3, -0.25) is 14.4 Å². The van der Waals surface area contributed by atoms with Gasteiger partial charge in [0.25, 0.3) is 6.29 Å². The molecule has 0 bridgehead atoms. The van der Waals surface area contributed by atoms with Crippen molar-refractivity contribution in [2.75, 3.05) is 0 Å². The molecule has 0 spiro atoms. The molecule has 3 atom stereocenters. The minimum atomic E-state index is -1.14. The molecule has 1 aliphatic heterocycles. The van der Waals surface area contributed by atoms with E-state index >= 15 is 0 Å². The molecule has 0 unspecified atom stereocenters. The third-order valence-corrected chi connectivity index (χ3v) is 1.96. The lowest BCUT2D eigenvalue weighted by Crippen LogP contribution is -2.47. The summed E-state index contributed by atoms with van der Waals surface area (Å²) in [6.07, 6.45) is -0.401. The molecule has 0 fully saturated rings. The van der Waals surface area contributed by atoms with E-state index in [0.29, 0.717) is 0 Å². The van der Waals surface area contributed by atoms with Crippen LogP contribution in [-0.2, 0) is 33.3 Å². The lowest BCUT2D eigenvalue weighted by molar-refractivity contribution is -0.217. The highest BCUT2D eigenvalue weighted by Gasteiger charge is 2.39. The molecule has 0 aromatic carbocycles. The maximum absolute atomic E-state index is 11.0. The summed E-state index contributed by atoms with van der Waals surface area (Å²) in [5.74, 6) is -1.76. The highest BCUT2D eigenvalue weighted by atomic mass is 16.7. The zero-order valence-corrected chi connectivity index (χ0v) is 10.2. The maximum atomic E-state index is 11.0. The Bertz CT molecular complexity index is 374. The summed E-state index contributed by atoms with van der Waals surface area (Å²) in [5, 5.41) is 0. The van der Waals surface area contributed by atoms with Gasteiger partial charge in [0, 0.05) is 20.8 Å². The second-order valence-electron chi connectivity index (χ2n) is 3.59. The van der Waals surface area contributed by atoms with E-state index in [4.69, 9.17) is 18.9 Å². The van der Waals surface area contributed by atoms with Crippen LogP contribution in [0.25, 0.3) is 0 Å². The Kier molecular flexibility index (Phi) is 4.70. The number of hydrogen-bond donors (Lipinski definition) is 0. The molecule has 0 radical (unpaired) electrons. The molecular weight excluding hydrogens is 244 g/mol. The van der Waals surface area contributed by atoms with E-state index in [1.807, 2.05) is 0 Å². The lowest BCUT2D eigenvalue weighted by atomic mass is 10.1. The first-order chi connectivity index (χ1) is 8.40. The minimum Gasteiger partial charge on any atom is -0.459 e. The molecule has 7 heteroatoms. The molecule has 0 N–H and O–H groups in total. The van der Waals surface area contributed by atoms with Crippen LogP contribution in [0.1, 0.15) is 20.8 Å². The first-order valence-electron chi connectivity index (χ1n) is 5.24. The average Bonchev–Trinajstić information content (AvgIpc) is 2.20. The van der Waals surface area contributed by atoms with Crippen LogP contribution in [0.5, 0.6) is 0 Å². The van der Waals surface area contributed by atoms with Crippen molar-refractivity contribution in [3.63, 3.8) is 0 Å². The third-order valence-electron chi connectivity index (χ3n) is 1.96. The van der Waals surface area contributed by atoms with Gasteiger partial charge in [0.2, 0.25) is 6.10 Å². The Labute approximate surface area is 104 Å². The first kappa shape index (κ1) is 14.0. The fourth-order valence-electron chi connectivity index (χ4n) is 1.41. The normalized spacial score (nSPS) is 25.8. The van der Waals surface area contributed by atoms with Crippen LogP contribution in [0.15, 0.2) is 12.3 Å². The smallest absolute Gasteiger partial charge is 0.305 e. The Balaban J connectivity index is 2.84. The maximum Gasteiger partial charge on any atom is 0.305 e. The standard InChI is InChI=1S/C11H14O7/c1-6(12)16-9-4-5-15-11(18-8(3)14)10(9)17-7(2)13/h4-5,9-11H,1-3H3/t9-,10+,11-/m1/s1. The van der Waals surface area contributed by atoms with Gasteiger partial charge in [-0.05, 0) is 6.08 Å². The molecule has 7 nitrogen and oxygen atoms in total. The Hall–Kier alpha value is -2.05. The summed E-state index contributed by atoms with van der Waals surface area (Å²) in [5.41, 5.74) is 0. The summed E-state index contributed by atoms with van der Waals surface area (Å²) in [6, 6.07) is 0. The fraction of sp³-hybridized carbons (Fsp3) is 0.545. The van der Waals surface area contributed by atoms with Crippen molar-refractivity contribution in [2.24, 2.45) is 0 Å². The van der Waals surface area contributed by atoms with E-state index in [0.717, 1.165) is 0 Å². The van der Waals surface area contributed by atoms with Gasteiger partial charge in [0.05, 0.1) is 6.26 Å². The van der Waals surface area contributed by atoms with Gasteiger partial charge < -0.3 is 18.9 Å². The van der Waals surface area contributed by atoms with Crippen LogP contribution in [0, 0.1) is 0 Å². The third kappa shape index (κ3) is 4.08. The number of rotatable bonds is 3. The predicted octanol–water partition coefficient (Wildman–Crippen LogP) is 0.283. The van der Waals surface area contributed by atoms with Gasteiger partial charge in [-0.1, -0.05) is 0 Å². The molecule has 100 valence electrons. The first-order valence-corrected chi connectivity index (χ1v) is 5.24. The highest BCUT2D eigenvalue weighted by Crippen LogP contribution is 2.20. The van der Waals surface area contributed by atoms with Crippen molar-refractivity contribution in [3.8, 4) is 0 Å². The Morgan fingerprint density at radius 3 is 2.00 bits per heavy atom. The van der Waals surface area contributed by atoms with Crippen molar-refractivity contribution in [1.29, 1.82) is 0 Å². The topological polar surface area (TPSA) is 88.1 Å². The van der Waals surface area contributed by atoms with Crippen LogP contribution in [0.3, 0.4) is 0 Å². The molecule has 1 heterocycles. The summed E-state index contributed by atoms with van der Waals surface area (Å²) >= 11 is 0. The lowest BCUT2D eigenvalue weighted by Gasteiger charge is -2.32. The van der Waals surface area contributed by atoms with Gasteiger partial charge in [-0.25, -0.2) is 0 Å². The number of hydrogen-bond acceptors (Lipinski definition) is 7. The molecule has 0 saturated heterocycles. The van der Waals surface area contributed by atoms with Crippen molar-refractivity contribution >= 4 is 17.9 Å². The van der Waals surface area contributed by atoms with Crippen LogP contribution in [0.2, 0.25) is 0 Å². The summed E-state index contributed by atoms with van der Waals surface area (Å²) in [7, 11) is 0. The fourth-order valence-corrected chi connectivity index (χ4v) is 1.41. The summed E-state index contributed by atoms with van der Waals surface area (Å²) in [4.78, 5) is 32.8. The second kappa shape index (κ2) is 6.04. The van der Waals surface area contributed by atoms with Crippen LogP contribution >= 0.6 is 0 Å². The summed E-state index contributed by atoms with van der Waals surface area (Å²) in [6.45, 7) is 3.59. The number of carbonyl (C=O) groups is 3. The van der Waals surface area contributed by atoms with Crippen molar-refractivity contribution in [2.45, 2.75) is 39.3 Å². The number of carbonyl (C=O) groups excluding carboxylic acids is 3. The largest absolute Gasteiger partial charge is 0.459 e. The van der Waals surface area contributed by atoms with Crippen LogP contribution < -0.4 is 0 Å². The average molecular weight is 258 g/mol. The molecule has 0 aromatic rings. The van der Waals surface area contributed by atoms with Crippen molar-refractivity contribution < 1.29 is 33.3 Å². The molecule has 0 amide bonds. The molecule has 1 rings (SSSR count). The van der Waals surface area contributed by atoms with Gasteiger partial charge in [-0.2, -0.15) is 0 Å². The van der Waals surface area contributed by atoms with Crippen LogP contribution in [-0.4, -0.2) is 36.4 Å². The molecule has 1 aliphatic rings. The monoisotopic (exact) mass is 258 g/mol. The molecule has 0 aliphatic carbocycles. The molecule has 0 aromatic heterocycles. The van der Waals surface area contributed by atoms with E-state index in [1.165, 1.54) is 33.1 Å². The van der Waals surface area contributed by atoms with E-state index < -0.39 is 36.4 Å². The predicted molar refractivity (Wildman–Crippen MR) is 56.9 cm³/mol. The van der Waals surface area contributed by atoms with Gasteiger partial charge in [0.15, 0.2) is 6.10 Å². The van der Waals surface area contributed by atoms with Crippen molar-refractivity contribution in [3.05, 3.63) is 12.3 Å². The minimum absolute atomic E-state index is 0.551. The Morgan fingerprint density at radius 2 is 1.50 bits per heavy atom. The van der Waals surface area contributed by atoms with E-state index in [2.05, 4.69) is 0 Å². The second-order valence-corrected chi connectivity index (χ2v) is 3.59. The Morgan fingerprint density at radius 1 is 0.944 bits per heavy atom. The van der Waals surface area contributed by atoms with E-state index in [-0.39, 0.29) is 0 Å². The van der Waals surface area contributed by atoms with Gasteiger partial charge in [0.1, 0.15) is 0 Å². The van der Waals surface area contributed by atoms with Crippen molar-refractivity contribution in [1.82, 2.24) is 0 Å². The highest BCUT2D eigenvalue weighted by molar-refractivity contribution is 5.68. The quantitative estimate of drug-likeness (QED) is 0.530. The zero-order chi connectivity index (χ0) is 13.7.